The Kier molecular flexibility index (Phi) is 5.85. The van der Waals surface area contributed by atoms with E-state index in [-0.39, 0.29) is 16.2 Å². The van der Waals surface area contributed by atoms with Crippen LogP contribution in [0.5, 0.6) is 0 Å². The van der Waals surface area contributed by atoms with E-state index in [9.17, 15) is 13.2 Å². The van der Waals surface area contributed by atoms with Gasteiger partial charge < -0.3 is 5.32 Å². The molecule has 0 saturated carbocycles. The van der Waals surface area contributed by atoms with Gasteiger partial charge in [0, 0.05) is 17.9 Å². The molecule has 0 atom stereocenters. The molecule has 3 aromatic rings. The van der Waals surface area contributed by atoms with E-state index in [1.165, 1.54) is 17.7 Å². The first kappa shape index (κ1) is 21.8. The number of sulfone groups is 1. The van der Waals surface area contributed by atoms with Gasteiger partial charge in [0.1, 0.15) is 5.82 Å². The highest BCUT2D eigenvalue weighted by Crippen LogP contribution is 2.23. The van der Waals surface area contributed by atoms with E-state index in [1.807, 2.05) is 0 Å². The molecule has 0 aliphatic carbocycles. The molecule has 6 nitrogen and oxygen atoms in total. The minimum atomic E-state index is -3.40. The predicted molar refractivity (Wildman–Crippen MR) is 119 cm³/mol. The van der Waals surface area contributed by atoms with Crippen molar-refractivity contribution in [3.05, 3.63) is 77.0 Å². The first-order valence-electron chi connectivity index (χ1n) is 9.68. The number of carbonyl (C=O) groups is 1. The van der Waals surface area contributed by atoms with Gasteiger partial charge in [-0.3, -0.25) is 4.79 Å². The van der Waals surface area contributed by atoms with Crippen molar-refractivity contribution in [3.63, 3.8) is 0 Å². The SMILES string of the molecule is Cc1ccc(S(C)(=O)=O)cc1C(=O)Nc1ccnn1Cc1ccc(C(C)(C)C)cc1. The summed E-state index contributed by atoms with van der Waals surface area (Å²) in [6.45, 7) is 8.79. The minimum Gasteiger partial charge on any atom is -0.307 e. The number of hydrogen-bond acceptors (Lipinski definition) is 4. The number of carbonyl (C=O) groups excluding carboxylic acids is 1. The summed E-state index contributed by atoms with van der Waals surface area (Å²) in [6.07, 6.45) is 2.75. The van der Waals surface area contributed by atoms with Crippen molar-refractivity contribution in [2.75, 3.05) is 11.6 Å². The summed E-state index contributed by atoms with van der Waals surface area (Å²) in [5.41, 5.74) is 3.42. The molecule has 0 spiro atoms. The second kappa shape index (κ2) is 8.07. The average molecular weight is 426 g/mol. The maximum atomic E-state index is 12.8. The Labute approximate surface area is 177 Å². The van der Waals surface area contributed by atoms with Crippen LogP contribution in [0.1, 0.15) is 47.8 Å². The lowest BCUT2D eigenvalue weighted by atomic mass is 9.87. The van der Waals surface area contributed by atoms with Crippen LogP contribution in [0.15, 0.2) is 59.6 Å². The lowest BCUT2D eigenvalue weighted by Gasteiger charge is -2.19. The zero-order valence-electron chi connectivity index (χ0n) is 17.9. The molecule has 30 heavy (non-hydrogen) atoms. The fourth-order valence-corrected chi connectivity index (χ4v) is 3.76. The standard InChI is InChI=1S/C23H27N3O3S/c1-16-6-11-19(30(5,28)29)14-20(16)22(27)25-21-12-13-24-26(21)15-17-7-9-18(10-8-17)23(2,3)4/h6-14H,15H2,1-5H3,(H,25,27). The number of benzene rings is 2. The molecule has 0 fully saturated rings. The van der Waals surface area contributed by atoms with E-state index in [0.717, 1.165) is 11.8 Å². The van der Waals surface area contributed by atoms with Crippen molar-refractivity contribution in [2.24, 2.45) is 0 Å². The van der Waals surface area contributed by atoms with Gasteiger partial charge in [0.2, 0.25) is 0 Å². The molecule has 1 N–H and O–H groups in total. The number of aromatic nitrogens is 2. The summed E-state index contributed by atoms with van der Waals surface area (Å²) in [4.78, 5) is 12.9. The summed E-state index contributed by atoms with van der Waals surface area (Å²) in [5.74, 6) is 0.173. The first-order valence-corrected chi connectivity index (χ1v) is 11.6. The first-order chi connectivity index (χ1) is 13.9. The number of nitrogens with zero attached hydrogens (tertiary/aromatic N) is 2. The van der Waals surface area contributed by atoms with Crippen molar-refractivity contribution in [2.45, 2.75) is 44.6 Å². The van der Waals surface area contributed by atoms with Crippen LogP contribution in [0, 0.1) is 6.92 Å². The second-order valence-corrected chi connectivity index (χ2v) is 10.5. The van der Waals surface area contributed by atoms with E-state index in [1.54, 1.807) is 29.9 Å². The largest absolute Gasteiger partial charge is 0.307 e. The van der Waals surface area contributed by atoms with E-state index in [4.69, 9.17) is 0 Å². The summed E-state index contributed by atoms with van der Waals surface area (Å²) in [7, 11) is -3.40. The molecule has 1 heterocycles. The van der Waals surface area contributed by atoms with Crippen molar-refractivity contribution in [1.82, 2.24) is 9.78 Å². The molecule has 1 aromatic heterocycles. The summed E-state index contributed by atoms with van der Waals surface area (Å²) in [5, 5.41) is 7.16. The van der Waals surface area contributed by atoms with Crippen LogP contribution in [0.25, 0.3) is 0 Å². The third-order valence-corrected chi connectivity index (χ3v) is 6.10. The lowest BCUT2D eigenvalue weighted by Crippen LogP contribution is -2.18. The Morgan fingerprint density at radius 3 is 2.33 bits per heavy atom. The highest BCUT2D eigenvalue weighted by Gasteiger charge is 2.17. The average Bonchev–Trinajstić information content (AvgIpc) is 3.07. The molecular weight excluding hydrogens is 398 g/mol. The van der Waals surface area contributed by atoms with Gasteiger partial charge in [-0.2, -0.15) is 5.10 Å². The monoisotopic (exact) mass is 425 g/mol. The van der Waals surface area contributed by atoms with Crippen LogP contribution in [-0.4, -0.2) is 30.4 Å². The van der Waals surface area contributed by atoms with Gasteiger partial charge in [0.05, 0.1) is 17.6 Å². The van der Waals surface area contributed by atoms with Crippen LogP contribution in [-0.2, 0) is 21.8 Å². The molecule has 158 valence electrons. The second-order valence-electron chi connectivity index (χ2n) is 8.52. The van der Waals surface area contributed by atoms with E-state index < -0.39 is 9.84 Å². The smallest absolute Gasteiger partial charge is 0.257 e. The molecule has 1 amide bonds. The quantitative estimate of drug-likeness (QED) is 0.664. The molecule has 0 aliphatic heterocycles. The zero-order valence-corrected chi connectivity index (χ0v) is 18.7. The van der Waals surface area contributed by atoms with Crippen LogP contribution in [0.3, 0.4) is 0 Å². The molecule has 7 heteroatoms. The number of hydrogen-bond donors (Lipinski definition) is 1. The summed E-state index contributed by atoms with van der Waals surface area (Å²) < 4.78 is 25.4. The number of nitrogens with one attached hydrogen (secondary N) is 1. The van der Waals surface area contributed by atoms with Gasteiger partial charge in [-0.15, -0.1) is 0 Å². The number of amides is 1. The minimum absolute atomic E-state index is 0.0851. The van der Waals surface area contributed by atoms with Crippen LogP contribution in [0.2, 0.25) is 0 Å². The molecule has 3 rings (SSSR count). The van der Waals surface area contributed by atoms with Gasteiger partial charge >= 0.3 is 0 Å². The molecular formula is C23H27N3O3S. The maximum absolute atomic E-state index is 12.8. The van der Waals surface area contributed by atoms with Gasteiger partial charge in [-0.25, -0.2) is 13.1 Å². The Hall–Kier alpha value is -2.93. The summed E-state index contributed by atoms with van der Waals surface area (Å²) >= 11 is 0. The van der Waals surface area contributed by atoms with Gasteiger partial charge in [0.25, 0.3) is 5.91 Å². The Bertz CT molecular complexity index is 1170. The molecule has 0 saturated heterocycles. The Morgan fingerprint density at radius 1 is 1.07 bits per heavy atom. The van der Waals surface area contributed by atoms with E-state index >= 15 is 0 Å². The summed E-state index contributed by atoms with van der Waals surface area (Å²) in [6, 6.07) is 14.6. The van der Waals surface area contributed by atoms with Crippen LogP contribution in [0.4, 0.5) is 5.82 Å². The van der Waals surface area contributed by atoms with Crippen molar-refractivity contribution in [3.8, 4) is 0 Å². The molecule has 0 bridgehead atoms. The fraction of sp³-hybridized carbons (Fsp3) is 0.304. The van der Waals surface area contributed by atoms with Crippen LogP contribution >= 0.6 is 0 Å². The van der Waals surface area contributed by atoms with E-state index in [2.05, 4.69) is 55.5 Å². The number of rotatable bonds is 5. The molecule has 2 aromatic carbocycles. The Balaban J connectivity index is 1.80. The lowest BCUT2D eigenvalue weighted by molar-refractivity contribution is 0.102. The Morgan fingerprint density at radius 2 is 1.73 bits per heavy atom. The van der Waals surface area contributed by atoms with Crippen molar-refractivity contribution >= 4 is 21.6 Å². The van der Waals surface area contributed by atoms with Gasteiger partial charge in [-0.05, 0) is 41.2 Å². The fourth-order valence-electron chi connectivity index (χ4n) is 3.11. The molecule has 0 aliphatic rings. The third-order valence-electron chi connectivity index (χ3n) is 4.99. The maximum Gasteiger partial charge on any atom is 0.257 e. The molecule has 0 unspecified atom stereocenters. The topological polar surface area (TPSA) is 81.1 Å². The van der Waals surface area contributed by atoms with E-state index in [0.29, 0.717) is 23.5 Å². The van der Waals surface area contributed by atoms with Crippen molar-refractivity contribution < 1.29 is 13.2 Å². The highest BCUT2D eigenvalue weighted by molar-refractivity contribution is 7.90. The number of aryl methyl sites for hydroxylation is 1. The van der Waals surface area contributed by atoms with Gasteiger partial charge in [-0.1, -0.05) is 51.1 Å². The third kappa shape index (κ3) is 4.97. The number of anilines is 1. The predicted octanol–water partition coefficient (Wildman–Crippen LogP) is 4.19. The van der Waals surface area contributed by atoms with Crippen molar-refractivity contribution in [1.29, 1.82) is 0 Å². The zero-order chi connectivity index (χ0) is 22.1. The highest BCUT2D eigenvalue weighted by atomic mass is 32.2. The van der Waals surface area contributed by atoms with Gasteiger partial charge in [0.15, 0.2) is 9.84 Å². The molecule has 0 radical (unpaired) electrons. The normalized spacial score (nSPS) is 12.0. The van der Waals surface area contributed by atoms with Crippen LogP contribution < -0.4 is 5.32 Å².